The van der Waals surface area contributed by atoms with Crippen LogP contribution in [-0.4, -0.2) is 21.2 Å². The molecule has 1 aromatic carbocycles. The van der Waals surface area contributed by atoms with Crippen molar-refractivity contribution in [1.29, 1.82) is 0 Å². The van der Waals surface area contributed by atoms with Crippen LogP contribution in [0.4, 0.5) is 0 Å². The van der Waals surface area contributed by atoms with E-state index in [1.54, 1.807) is 24.3 Å². The first-order chi connectivity index (χ1) is 8.03. The van der Waals surface area contributed by atoms with E-state index in [0.29, 0.717) is 0 Å². The van der Waals surface area contributed by atoms with Crippen molar-refractivity contribution < 1.29 is 8.42 Å². The number of azide groups is 1. The molecule has 0 atom stereocenters. The van der Waals surface area contributed by atoms with E-state index in [4.69, 9.17) is 5.53 Å². The largest absolute Gasteiger partial charge is 0.229 e. The highest BCUT2D eigenvalue weighted by Gasteiger charge is 2.06. The van der Waals surface area contributed by atoms with Crippen LogP contribution >= 0.6 is 0 Å². The van der Waals surface area contributed by atoms with Crippen LogP contribution in [-0.2, 0) is 15.6 Å². The molecule has 0 aliphatic heterocycles. The summed E-state index contributed by atoms with van der Waals surface area (Å²) in [6.45, 7) is 0.254. The topological polar surface area (TPSA) is 82.9 Å². The van der Waals surface area contributed by atoms with E-state index in [2.05, 4.69) is 10.0 Å². The Morgan fingerprint density at radius 3 is 2.76 bits per heavy atom. The number of hydrogen-bond donors (Lipinski definition) is 0. The summed E-state index contributed by atoms with van der Waals surface area (Å²) in [5.41, 5.74) is 9.68. The SMILES string of the molecule is CS(=O)(=O)Cc1ccccc1C=CCN=[N+]=[N-]. The second-order valence-electron chi connectivity index (χ2n) is 3.58. The molecule has 0 saturated heterocycles. The van der Waals surface area contributed by atoms with Gasteiger partial charge in [-0.05, 0) is 16.7 Å². The van der Waals surface area contributed by atoms with Gasteiger partial charge in [0.15, 0.2) is 9.84 Å². The van der Waals surface area contributed by atoms with Gasteiger partial charge in [0.1, 0.15) is 0 Å². The van der Waals surface area contributed by atoms with Gasteiger partial charge in [-0.25, -0.2) is 8.42 Å². The fourth-order valence-corrected chi connectivity index (χ4v) is 2.20. The minimum Gasteiger partial charge on any atom is -0.229 e. The van der Waals surface area contributed by atoms with Crippen LogP contribution in [0.5, 0.6) is 0 Å². The first-order valence-electron chi connectivity index (χ1n) is 4.96. The summed E-state index contributed by atoms with van der Waals surface area (Å²) < 4.78 is 22.5. The van der Waals surface area contributed by atoms with Gasteiger partial charge < -0.3 is 0 Å². The number of benzene rings is 1. The summed E-state index contributed by atoms with van der Waals surface area (Å²) in [6, 6.07) is 7.23. The third-order valence-corrected chi connectivity index (χ3v) is 2.86. The second kappa shape index (κ2) is 6.08. The van der Waals surface area contributed by atoms with Crippen molar-refractivity contribution in [3.05, 3.63) is 51.9 Å². The lowest BCUT2D eigenvalue weighted by Crippen LogP contribution is -2.02. The van der Waals surface area contributed by atoms with E-state index >= 15 is 0 Å². The van der Waals surface area contributed by atoms with Gasteiger partial charge in [0.25, 0.3) is 0 Å². The third-order valence-electron chi connectivity index (χ3n) is 2.02. The van der Waals surface area contributed by atoms with E-state index in [1.807, 2.05) is 12.1 Å². The highest BCUT2D eigenvalue weighted by Crippen LogP contribution is 2.13. The molecular weight excluding hydrogens is 238 g/mol. The predicted molar refractivity (Wildman–Crippen MR) is 68.0 cm³/mol. The molecule has 0 N–H and O–H groups in total. The molecule has 0 spiro atoms. The van der Waals surface area contributed by atoms with E-state index in [0.717, 1.165) is 11.1 Å². The van der Waals surface area contributed by atoms with Crippen molar-refractivity contribution in [2.75, 3.05) is 12.8 Å². The number of hydrogen-bond acceptors (Lipinski definition) is 3. The van der Waals surface area contributed by atoms with Crippen LogP contribution in [0.25, 0.3) is 16.5 Å². The van der Waals surface area contributed by atoms with Crippen molar-refractivity contribution in [2.24, 2.45) is 5.11 Å². The highest BCUT2D eigenvalue weighted by atomic mass is 32.2. The lowest BCUT2D eigenvalue weighted by molar-refractivity contribution is 0.601. The molecule has 0 unspecified atom stereocenters. The maximum Gasteiger partial charge on any atom is 0.151 e. The monoisotopic (exact) mass is 251 g/mol. The minimum absolute atomic E-state index is 0.00896. The van der Waals surface area contributed by atoms with Crippen molar-refractivity contribution in [3.63, 3.8) is 0 Å². The molecule has 90 valence electrons. The Kier molecular flexibility index (Phi) is 4.75. The van der Waals surface area contributed by atoms with Gasteiger partial charge in [0, 0.05) is 17.7 Å². The van der Waals surface area contributed by atoms with Crippen molar-refractivity contribution in [1.82, 2.24) is 0 Å². The molecule has 0 aromatic heterocycles. The fraction of sp³-hybridized carbons (Fsp3) is 0.273. The lowest BCUT2D eigenvalue weighted by Gasteiger charge is -2.03. The van der Waals surface area contributed by atoms with E-state index in [1.165, 1.54) is 6.26 Å². The predicted octanol–water partition coefficient (Wildman–Crippen LogP) is 2.55. The number of sulfone groups is 1. The Hall–Kier alpha value is -1.78. The van der Waals surface area contributed by atoms with Crippen LogP contribution in [0.3, 0.4) is 0 Å². The molecule has 0 fully saturated rings. The zero-order valence-electron chi connectivity index (χ0n) is 9.44. The van der Waals surface area contributed by atoms with E-state index in [-0.39, 0.29) is 12.3 Å². The summed E-state index contributed by atoms with van der Waals surface area (Å²) in [6.07, 6.45) is 4.66. The Balaban J connectivity index is 2.92. The first kappa shape index (κ1) is 13.3. The Bertz CT molecular complexity index is 558. The average Bonchev–Trinajstić information content (AvgIpc) is 2.24. The van der Waals surface area contributed by atoms with Crippen molar-refractivity contribution >= 4 is 15.9 Å². The number of rotatable bonds is 5. The zero-order chi connectivity index (χ0) is 12.7. The fourth-order valence-electron chi connectivity index (χ4n) is 1.37. The van der Waals surface area contributed by atoms with Gasteiger partial charge >= 0.3 is 0 Å². The smallest absolute Gasteiger partial charge is 0.151 e. The Labute approximate surface area is 100 Å². The first-order valence-corrected chi connectivity index (χ1v) is 7.02. The molecule has 0 heterocycles. The molecule has 0 radical (unpaired) electrons. The maximum atomic E-state index is 11.2. The molecule has 1 rings (SSSR count). The van der Waals surface area contributed by atoms with Crippen LogP contribution in [0.15, 0.2) is 35.5 Å². The normalized spacial score (nSPS) is 11.4. The van der Waals surface area contributed by atoms with Crippen molar-refractivity contribution in [3.8, 4) is 0 Å². The van der Waals surface area contributed by atoms with Gasteiger partial charge in [-0.3, -0.25) is 0 Å². The number of nitrogens with zero attached hydrogens (tertiary/aromatic N) is 3. The average molecular weight is 251 g/mol. The second-order valence-corrected chi connectivity index (χ2v) is 5.72. The highest BCUT2D eigenvalue weighted by molar-refractivity contribution is 7.89. The molecule has 17 heavy (non-hydrogen) atoms. The van der Waals surface area contributed by atoms with Crippen LogP contribution < -0.4 is 0 Å². The zero-order valence-corrected chi connectivity index (χ0v) is 10.3. The molecule has 0 saturated carbocycles. The van der Waals surface area contributed by atoms with Gasteiger partial charge in [-0.2, -0.15) is 0 Å². The van der Waals surface area contributed by atoms with Gasteiger partial charge in [0.2, 0.25) is 0 Å². The summed E-state index contributed by atoms with van der Waals surface area (Å²) >= 11 is 0. The van der Waals surface area contributed by atoms with E-state index < -0.39 is 9.84 Å². The quantitative estimate of drug-likeness (QED) is 0.457. The third kappa shape index (κ3) is 5.19. The molecule has 1 aromatic rings. The summed E-state index contributed by atoms with van der Waals surface area (Å²) in [4.78, 5) is 2.63. The molecule has 5 nitrogen and oxygen atoms in total. The Morgan fingerprint density at radius 1 is 1.41 bits per heavy atom. The van der Waals surface area contributed by atoms with Crippen molar-refractivity contribution in [2.45, 2.75) is 5.75 Å². The van der Waals surface area contributed by atoms with Gasteiger partial charge in [-0.1, -0.05) is 41.5 Å². The summed E-state index contributed by atoms with van der Waals surface area (Å²) in [7, 11) is -3.05. The van der Waals surface area contributed by atoms with E-state index in [9.17, 15) is 8.42 Å². The molecular formula is C11H13N3O2S. The maximum absolute atomic E-state index is 11.2. The summed E-state index contributed by atoms with van der Waals surface area (Å²) in [5.74, 6) is 0.00896. The molecule has 0 bridgehead atoms. The van der Waals surface area contributed by atoms with Gasteiger partial charge in [-0.15, -0.1) is 0 Å². The van der Waals surface area contributed by atoms with Gasteiger partial charge in [0.05, 0.1) is 5.75 Å². The van der Waals surface area contributed by atoms with Crippen LogP contribution in [0.2, 0.25) is 0 Å². The standard InChI is InChI=1S/C11H13N3O2S/c1-17(15,16)9-11-6-3-2-5-10(11)7-4-8-13-14-12/h2-7H,8-9H2,1H3. The lowest BCUT2D eigenvalue weighted by atomic mass is 10.1. The van der Waals surface area contributed by atoms with Crippen LogP contribution in [0.1, 0.15) is 11.1 Å². The molecule has 6 heteroatoms. The molecule has 0 aliphatic rings. The Morgan fingerprint density at radius 2 is 2.12 bits per heavy atom. The molecule has 0 aliphatic carbocycles. The summed E-state index contributed by atoms with van der Waals surface area (Å²) in [5, 5.41) is 3.37. The molecule has 0 amide bonds. The van der Waals surface area contributed by atoms with Crippen LogP contribution in [0, 0.1) is 0 Å². The minimum atomic E-state index is -3.05.